The predicted octanol–water partition coefficient (Wildman–Crippen LogP) is 4.70. The van der Waals surface area contributed by atoms with Crippen LogP contribution in [0.15, 0.2) is 12.1 Å². The van der Waals surface area contributed by atoms with Crippen LogP contribution in [0, 0.1) is 20.8 Å². The van der Waals surface area contributed by atoms with Crippen LogP contribution in [0.2, 0.25) is 0 Å². The molecule has 0 N–H and O–H groups in total. The van der Waals surface area contributed by atoms with E-state index in [-0.39, 0.29) is 5.41 Å². The summed E-state index contributed by atoms with van der Waals surface area (Å²) in [5, 5.41) is 0. The summed E-state index contributed by atoms with van der Waals surface area (Å²) in [6.45, 7) is 2.54. The molecule has 24 heavy (non-hydrogen) atoms. The first kappa shape index (κ1) is 16.8. The quantitative estimate of drug-likeness (QED) is 0.505. The minimum Gasteiger partial charge on any atom is -0.466 e. The van der Waals surface area contributed by atoms with Gasteiger partial charge in [0.2, 0.25) is 0 Å². The van der Waals surface area contributed by atoms with Crippen LogP contribution >= 0.6 is 22.6 Å². The van der Waals surface area contributed by atoms with E-state index in [0.29, 0.717) is 30.3 Å². The molecule has 4 atom stereocenters. The average Bonchev–Trinajstić information content (AvgIpc) is 2.88. The molecule has 0 radical (unpaired) electrons. The lowest BCUT2D eigenvalue weighted by Gasteiger charge is -2.48. The summed E-state index contributed by atoms with van der Waals surface area (Å²) >= 11 is 2.37. The monoisotopic (exact) mass is 440 g/mol. The van der Waals surface area contributed by atoms with Gasteiger partial charge in [0.05, 0.1) is 3.57 Å². The van der Waals surface area contributed by atoms with Crippen molar-refractivity contribution in [3.63, 3.8) is 0 Å². The zero-order valence-electron chi connectivity index (χ0n) is 14.4. The van der Waals surface area contributed by atoms with Crippen molar-refractivity contribution < 1.29 is 14.3 Å². The molecule has 3 aliphatic rings. The van der Waals surface area contributed by atoms with Gasteiger partial charge >= 0.3 is 0 Å². The molecule has 0 bridgehead atoms. The van der Waals surface area contributed by atoms with Crippen LogP contribution in [0.4, 0.5) is 0 Å². The number of ether oxygens (including phenoxy) is 2. The van der Waals surface area contributed by atoms with E-state index in [1.165, 1.54) is 21.1 Å². The second-order valence-corrected chi connectivity index (χ2v) is 9.03. The Morgan fingerprint density at radius 2 is 2.08 bits per heavy atom. The zero-order chi connectivity index (χ0) is 16.9. The van der Waals surface area contributed by atoms with E-state index in [0.717, 1.165) is 37.9 Å². The molecule has 0 heterocycles. The number of rotatable bonds is 3. The third-order valence-corrected chi connectivity index (χ3v) is 7.66. The third kappa shape index (κ3) is 2.52. The number of ketones is 1. The smallest absolute Gasteiger partial charge is 0.188 e. The minimum atomic E-state index is -0.0344. The van der Waals surface area contributed by atoms with E-state index < -0.39 is 0 Å². The van der Waals surface area contributed by atoms with E-state index in [9.17, 15) is 4.79 Å². The largest absolute Gasteiger partial charge is 0.466 e. The van der Waals surface area contributed by atoms with E-state index in [2.05, 4.69) is 41.6 Å². The highest BCUT2D eigenvalue weighted by molar-refractivity contribution is 14.1. The summed E-state index contributed by atoms with van der Waals surface area (Å²) in [5.41, 5.74) is 2.92. The Balaban J connectivity index is 1.65. The lowest BCUT2D eigenvalue weighted by atomic mass is 9.55. The van der Waals surface area contributed by atoms with Crippen LogP contribution in [-0.4, -0.2) is 19.7 Å². The SMILES string of the molecule is COCOc1cc2c(cc1I)C1CC[C@]3(C)C(=O)CCC3C1CC2. The molecule has 0 spiro atoms. The lowest BCUT2D eigenvalue weighted by Crippen LogP contribution is -2.42. The third-order valence-electron chi connectivity index (χ3n) is 6.82. The molecule has 0 amide bonds. The maximum Gasteiger partial charge on any atom is 0.188 e. The first-order chi connectivity index (χ1) is 11.5. The summed E-state index contributed by atoms with van der Waals surface area (Å²) < 4.78 is 11.9. The topological polar surface area (TPSA) is 35.5 Å². The Morgan fingerprint density at radius 1 is 1.25 bits per heavy atom. The summed E-state index contributed by atoms with van der Waals surface area (Å²) in [4.78, 5) is 12.4. The lowest BCUT2D eigenvalue weighted by molar-refractivity contribution is -0.129. The molecule has 1 aromatic carbocycles. The fraction of sp³-hybridized carbons (Fsp3) is 0.650. The number of hydrogen-bond donors (Lipinski definition) is 0. The number of hydrogen-bond acceptors (Lipinski definition) is 3. The first-order valence-corrected chi connectivity index (χ1v) is 10.1. The van der Waals surface area contributed by atoms with Gasteiger partial charge in [-0.3, -0.25) is 4.79 Å². The van der Waals surface area contributed by atoms with Gasteiger partial charge in [-0.05, 0) is 95.7 Å². The highest BCUT2D eigenvalue weighted by Crippen LogP contribution is 2.59. The van der Waals surface area contributed by atoms with Crippen molar-refractivity contribution in [3.8, 4) is 5.75 Å². The Labute approximate surface area is 157 Å². The molecule has 3 unspecified atom stereocenters. The number of carbonyl (C=O) groups is 1. The number of carbonyl (C=O) groups excluding carboxylic acids is 1. The molecule has 130 valence electrons. The van der Waals surface area contributed by atoms with Gasteiger partial charge in [0.1, 0.15) is 11.5 Å². The summed E-state index contributed by atoms with van der Waals surface area (Å²) in [5.74, 6) is 3.37. The number of benzene rings is 1. The van der Waals surface area contributed by atoms with E-state index in [1.54, 1.807) is 7.11 Å². The minimum absolute atomic E-state index is 0.0344. The van der Waals surface area contributed by atoms with Crippen molar-refractivity contribution in [2.45, 2.75) is 51.4 Å². The second-order valence-electron chi connectivity index (χ2n) is 7.87. The molecule has 1 aromatic rings. The Morgan fingerprint density at radius 3 is 2.88 bits per heavy atom. The molecule has 4 rings (SSSR count). The normalized spacial score (nSPS) is 34.5. The summed E-state index contributed by atoms with van der Waals surface area (Å²) in [6.07, 6.45) is 6.46. The first-order valence-electron chi connectivity index (χ1n) is 9.02. The van der Waals surface area contributed by atoms with Gasteiger partial charge in [-0.1, -0.05) is 6.92 Å². The van der Waals surface area contributed by atoms with E-state index >= 15 is 0 Å². The fourth-order valence-corrected chi connectivity index (χ4v) is 6.22. The molecule has 0 aromatic heterocycles. The fourth-order valence-electron chi connectivity index (χ4n) is 5.57. The predicted molar refractivity (Wildman–Crippen MR) is 101 cm³/mol. The zero-order valence-corrected chi connectivity index (χ0v) is 16.6. The van der Waals surface area contributed by atoms with Crippen LogP contribution in [0.3, 0.4) is 0 Å². The van der Waals surface area contributed by atoms with Crippen LogP contribution in [0.5, 0.6) is 5.75 Å². The van der Waals surface area contributed by atoms with Crippen molar-refractivity contribution in [1.82, 2.24) is 0 Å². The molecule has 0 saturated heterocycles. The van der Waals surface area contributed by atoms with Gasteiger partial charge in [-0.15, -0.1) is 0 Å². The van der Waals surface area contributed by atoms with Crippen LogP contribution < -0.4 is 4.74 Å². The maximum atomic E-state index is 12.4. The molecule has 2 saturated carbocycles. The van der Waals surface area contributed by atoms with Crippen LogP contribution in [0.25, 0.3) is 0 Å². The van der Waals surface area contributed by atoms with Crippen LogP contribution in [0.1, 0.15) is 56.1 Å². The number of aryl methyl sites for hydroxylation is 1. The van der Waals surface area contributed by atoms with Gasteiger partial charge in [-0.2, -0.15) is 0 Å². The summed E-state index contributed by atoms with van der Waals surface area (Å²) in [6, 6.07) is 4.55. The number of Topliss-reactive ketones (excluding diaryl/α,β-unsaturated/α-hetero) is 1. The molecule has 3 nitrogen and oxygen atoms in total. The van der Waals surface area contributed by atoms with Crippen molar-refractivity contribution >= 4 is 28.4 Å². The van der Waals surface area contributed by atoms with Crippen molar-refractivity contribution in [2.75, 3.05) is 13.9 Å². The van der Waals surface area contributed by atoms with Gasteiger partial charge in [-0.25, -0.2) is 0 Å². The Kier molecular flexibility index (Phi) is 4.40. The van der Waals surface area contributed by atoms with Crippen molar-refractivity contribution in [3.05, 3.63) is 26.8 Å². The number of methoxy groups -OCH3 is 1. The molecular formula is C20H25IO3. The van der Waals surface area contributed by atoms with Gasteiger partial charge in [0, 0.05) is 18.9 Å². The Hall–Kier alpha value is -0.620. The van der Waals surface area contributed by atoms with Gasteiger partial charge < -0.3 is 9.47 Å². The van der Waals surface area contributed by atoms with E-state index in [4.69, 9.17) is 9.47 Å². The molecule has 4 heteroatoms. The number of fused-ring (bicyclic) bond motifs is 5. The second kappa shape index (κ2) is 6.27. The Bertz CT molecular complexity index is 671. The average molecular weight is 440 g/mol. The van der Waals surface area contributed by atoms with Crippen molar-refractivity contribution in [2.24, 2.45) is 17.3 Å². The van der Waals surface area contributed by atoms with Crippen LogP contribution in [-0.2, 0) is 16.0 Å². The maximum absolute atomic E-state index is 12.4. The molecule has 0 aliphatic heterocycles. The molecule has 2 fully saturated rings. The molecule has 3 aliphatic carbocycles. The highest BCUT2D eigenvalue weighted by Gasteiger charge is 2.54. The van der Waals surface area contributed by atoms with Gasteiger partial charge in [0.25, 0.3) is 0 Å². The van der Waals surface area contributed by atoms with Gasteiger partial charge in [0.15, 0.2) is 6.79 Å². The summed E-state index contributed by atoms with van der Waals surface area (Å²) in [7, 11) is 1.65. The molecular weight excluding hydrogens is 415 g/mol. The van der Waals surface area contributed by atoms with E-state index in [1.807, 2.05) is 0 Å². The highest BCUT2D eigenvalue weighted by atomic mass is 127. The van der Waals surface area contributed by atoms with Crippen molar-refractivity contribution in [1.29, 1.82) is 0 Å². The standard InChI is InChI=1S/C20H25IO3/c1-20-8-7-13-14(16(20)5-6-19(20)22)4-3-12-9-18(24-11-23-2)17(21)10-15(12)13/h9-10,13-14,16H,3-8,11H2,1-2H3/t13?,14?,16?,20-/m0/s1. The number of halogens is 1.